The van der Waals surface area contributed by atoms with Crippen LogP contribution in [0.5, 0.6) is 0 Å². The quantitative estimate of drug-likeness (QED) is 0.378. The number of rotatable bonds is 6. The molecule has 6 nitrogen and oxygen atoms in total. The zero-order valence-electron chi connectivity index (χ0n) is 11.8. The molecule has 0 amide bonds. The molecule has 0 spiro atoms. The van der Waals surface area contributed by atoms with Crippen molar-refractivity contribution in [2.24, 2.45) is 4.76 Å². The minimum Gasteiger partial charge on any atom is -0.339 e. The van der Waals surface area contributed by atoms with Gasteiger partial charge in [0.1, 0.15) is 0 Å². The fourth-order valence-electron chi connectivity index (χ4n) is 1.62. The number of anilines is 1. The van der Waals surface area contributed by atoms with Crippen molar-refractivity contribution < 1.29 is 13.6 Å². The molecule has 110 valence electrons. The Balaban J connectivity index is 2.18. The van der Waals surface area contributed by atoms with E-state index in [0.717, 1.165) is 18.8 Å². The summed E-state index contributed by atoms with van der Waals surface area (Å²) in [5.41, 5.74) is 0.887. The summed E-state index contributed by atoms with van der Waals surface area (Å²) < 4.78 is 27.0. The molecular formula is C13H20N3O3P. The van der Waals surface area contributed by atoms with Crippen LogP contribution in [0.1, 0.15) is 13.8 Å². The molecule has 1 heterocycles. The summed E-state index contributed by atoms with van der Waals surface area (Å²) in [5.74, 6) is 0.529. The molecule has 1 saturated heterocycles. The highest BCUT2D eigenvalue weighted by Gasteiger charge is 2.29. The van der Waals surface area contributed by atoms with Gasteiger partial charge in [-0.05, 0) is 26.0 Å². The number of guanidine groups is 1. The van der Waals surface area contributed by atoms with Crippen molar-refractivity contribution in [3.05, 3.63) is 30.3 Å². The Hall–Kier alpha value is -1.36. The standard InChI is InChI=1S/C13H20N3O3P/c1-3-18-20(17,19-4-2)15-13(16-10-11-16)14-12-8-6-5-7-9-12/h5-9H,3-4,10-11H2,1-2H3,(H,14,15,17). The van der Waals surface area contributed by atoms with Crippen LogP contribution < -0.4 is 5.32 Å². The van der Waals surface area contributed by atoms with Crippen molar-refractivity contribution >= 4 is 19.4 Å². The maximum Gasteiger partial charge on any atom is 0.457 e. The van der Waals surface area contributed by atoms with E-state index in [-0.39, 0.29) is 0 Å². The Morgan fingerprint density at radius 1 is 1.25 bits per heavy atom. The van der Waals surface area contributed by atoms with Gasteiger partial charge in [-0.25, -0.2) is 4.57 Å². The van der Waals surface area contributed by atoms with Gasteiger partial charge in [0.15, 0.2) is 0 Å². The number of benzene rings is 1. The highest BCUT2D eigenvalue weighted by atomic mass is 31.2. The first-order chi connectivity index (χ1) is 9.67. The van der Waals surface area contributed by atoms with Crippen molar-refractivity contribution in [1.29, 1.82) is 0 Å². The zero-order valence-corrected chi connectivity index (χ0v) is 12.7. The predicted molar refractivity (Wildman–Crippen MR) is 79.9 cm³/mol. The second-order valence-electron chi connectivity index (χ2n) is 4.21. The second-order valence-corrected chi connectivity index (χ2v) is 5.86. The Kier molecular flexibility index (Phi) is 5.17. The Labute approximate surface area is 119 Å². The van der Waals surface area contributed by atoms with Crippen molar-refractivity contribution in [2.75, 3.05) is 31.6 Å². The number of nitrogens with zero attached hydrogens (tertiary/aromatic N) is 2. The summed E-state index contributed by atoms with van der Waals surface area (Å²) in [7, 11) is -3.44. The average Bonchev–Trinajstić information content (AvgIpc) is 3.24. The van der Waals surface area contributed by atoms with E-state index < -0.39 is 7.75 Å². The molecule has 0 aromatic heterocycles. The van der Waals surface area contributed by atoms with E-state index in [1.54, 1.807) is 13.8 Å². The summed E-state index contributed by atoms with van der Waals surface area (Å²) in [4.78, 5) is 1.97. The lowest BCUT2D eigenvalue weighted by Gasteiger charge is -2.16. The van der Waals surface area contributed by atoms with Gasteiger partial charge in [0.2, 0.25) is 5.96 Å². The maximum atomic E-state index is 12.4. The van der Waals surface area contributed by atoms with E-state index in [9.17, 15) is 4.57 Å². The summed E-state index contributed by atoms with van der Waals surface area (Å²) in [6.07, 6.45) is 0. The van der Waals surface area contributed by atoms with Crippen LogP contribution in [-0.4, -0.2) is 37.2 Å². The third-order valence-corrected chi connectivity index (χ3v) is 4.18. The molecule has 1 N–H and O–H groups in total. The minimum absolute atomic E-state index is 0.291. The average molecular weight is 297 g/mol. The van der Waals surface area contributed by atoms with Gasteiger partial charge in [0.05, 0.1) is 13.2 Å². The molecule has 0 saturated carbocycles. The lowest BCUT2D eigenvalue weighted by Crippen LogP contribution is -2.21. The molecule has 1 aliphatic heterocycles. The monoisotopic (exact) mass is 297 g/mol. The van der Waals surface area contributed by atoms with E-state index in [1.807, 2.05) is 35.2 Å². The first kappa shape index (κ1) is 15.0. The summed E-state index contributed by atoms with van der Waals surface area (Å²) in [5, 5.41) is 3.16. The van der Waals surface area contributed by atoms with Gasteiger partial charge in [-0.1, -0.05) is 18.2 Å². The lowest BCUT2D eigenvalue weighted by molar-refractivity contribution is 0.221. The normalized spacial score (nSPS) is 15.3. The van der Waals surface area contributed by atoms with Crippen LogP contribution in [0.3, 0.4) is 0 Å². The van der Waals surface area contributed by atoms with Gasteiger partial charge in [0.25, 0.3) is 0 Å². The van der Waals surface area contributed by atoms with Crippen LogP contribution in [-0.2, 0) is 13.6 Å². The smallest absolute Gasteiger partial charge is 0.339 e. The molecule has 0 radical (unpaired) electrons. The van der Waals surface area contributed by atoms with Gasteiger partial charge < -0.3 is 10.2 Å². The molecule has 2 rings (SSSR count). The number of nitrogens with one attached hydrogen (secondary N) is 1. The molecule has 1 aromatic carbocycles. The summed E-state index contributed by atoms with van der Waals surface area (Å²) in [6, 6.07) is 9.63. The van der Waals surface area contributed by atoms with Crippen LogP contribution >= 0.6 is 7.75 Å². The van der Waals surface area contributed by atoms with Crippen LogP contribution in [0.15, 0.2) is 35.1 Å². The topological polar surface area (TPSA) is 62.9 Å². The molecule has 1 aromatic rings. The fourth-order valence-corrected chi connectivity index (χ4v) is 2.87. The molecular weight excluding hydrogens is 277 g/mol. The SMILES string of the molecule is CCOP(=O)(/N=C(/Nc1ccccc1)N1CC1)OCC. The van der Waals surface area contributed by atoms with Crippen molar-refractivity contribution in [3.8, 4) is 0 Å². The first-order valence-electron chi connectivity index (χ1n) is 6.73. The molecule has 0 atom stereocenters. The van der Waals surface area contributed by atoms with Crippen LogP contribution in [0.4, 0.5) is 5.69 Å². The van der Waals surface area contributed by atoms with Gasteiger partial charge in [-0.3, -0.25) is 9.05 Å². The largest absolute Gasteiger partial charge is 0.457 e. The van der Waals surface area contributed by atoms with Gasteiger partial charge in [-0.2, -0.15) is 0 Å². The third kappa shape index (κ3) is 4.34. The predicted octanol–water partition coefficient (Wildman–Crippen LogP) is 2.95. The summed E-state index contributed by atoms with van der Waals surface area (Å²) in [6.45, 7) is 5.89. The molecule has 20 heavy (non-hydrogen) atoms. The van der Waals surface area contributed by atoms with Crippen molar-refractivity contribution in [3.63, 3.8) is 0 Å². The molecule has 0 unspecified atom stereocenters. The Bertz CT molecular complexity index is 493. The van der Waals surface area contributed by atoms with Crippen LogP contribution in [0.2, 0.25) is 0 Å². The zero-order chi connectivity index (χ0) is 14.4. The fraction of sp³-hybridized carbons (Fsp3) is 0.462. The van der Waals surface area contributed by atoms with Crippen LogP contribution in [0.25, 0.3) is 0 Å². The molecule has 0 aliphatic carbocycles. The first-order valence-corrected chi connectivity index (χ1v) is 8.23. The van der Waals surface area contributed by atoms with Crippen molar-refractivity contribution in [1.82, 2.24) is 4.90 Å². The number of para-hydroxylation sites is 1. The molecule has 7 heteroatoms. The van der Waals surface area contributed by atoms with E-state index in [2.05, 4.69) is 10.1 Å². The van der Waals surface area contributed by atoms with E-state index in [1.165, 1.54) is 0 Å². The van der Waals surface area contributed by atoms with Crippen molar-refractivity contribution in [2.45, 2.75) is 13.8 Å². The second kappa shape index (κ2) is 6.88. The highest BCUT2D eigenvalue weighted by Crippen LogP contribution is 2.50. The van der Waals surface area contributed by atoms with Gasteiger partial charge in [-0.15, -0.1) is 4.76 Å². The number of hydrogen-bond donors (Lipinski definition) is 1. The highest BCUT2D eigenvalue weighted by molar-refractivity contribution is 7.52. The van der Waals surface area contributed by atoms with E-state index in [4.69, 9.17) is 9.05 Å². The summed E-state index contributed by atoms with van der Waals surface area (Å²) >= 11 is 0. The maximum absolute atomic E-state index is 12.4. The van der Waals surface area contributed by atoms with Crippen LogP contribution in [0, 0.1) is 0 Å². The van der Waals surface area contributed by atoms with E-state index in [0.29, 0.717) is 19.2 Å². The Morgan fingerprint density at radius 3 is 2.35 bits per heavy atom. The van der Waals surface area contributed by atoms with E-state index >= 15 is 0 Å². The minimum atomic E-state index is -3.44. The molecule has 0 bridgehead atoms. The number of hydrogen-bond acceptors (Lipinski definition) is 3. The van der Waals surface area contributed by atoms with Gasteiger partial charge in [0, 0.05) is 18.8 Å². The Morgan fingerprint density at radius 2 is 1.85 bits per heavy atom. The molecule has 1 aliphatic rings. The van der Waals surface area contributed by atoms with Gasteiger partial charge >= 0.3 is 7.75 Å². The third-order valence-electron chi connectivity index (χ3n) is 2.58. The lowest BCUT2D eigenvalue weighted by atomic mass is 10.3. The molecule has 1 fully saturated rings.